The number of hydrogen-bond donors (Lipinski definition) is 6. The van der Waals surface area contributed by atoms with Gasteiger partial charge in [-0.05, 0) is 74.2 Å². The van der Waals surface area contributed by atoms with Crippen molar-refractivity contribution in [3.8, 4) is 5.75 Å². The van der Waals surface area contributed by atoms with E-state index in [1.54, 1.807) is 21.1 Å². The van der Waals surface area contributed by atoms with Crippen molar-refractivity contribution in [1.82, 2.24) is 29.8 Å². The lowest BCUT2D eigenvalue weighted by molar-refractivity contribution is -0.203. The van der Waals surface area contributed by atoms with Crippen LogP contribution < -0.4 is 26.3 Å². The van der Waals surface area contributed by atoms with Gasteiger partial charge in [0.05, 0.1) is 30.7 Å². The lowest BCUT2D eigenvalue weighted by atomic mass is 9.47. The number of aliphatic hydroxyl groups is 3. The van der Waals surface area contributed by atoms with Crippen LogP contribution in [0.15, 0.2) is 75.5 Å². The molecule has 19 heteroatoms. The highest BCUT2D eigenvalue weighted by Crippen LogP contribution is 2.67. The maximum absolute atomic E-state index is 15.2. The molecule has 1 amide bonds. The number of hydrazone groups is 1. The van der Waals surface area contributed by atoms with E-state index in [0.717, 1.165) is 44.6 Å². The van der Waals surface area contributed by atoms with Gasteiger partial charge in [0, 0.05) is 104 Å². The first-order chi connectivity index (χ1) is 34.5. The summed E-state index contributed by atoms with van der Waals surface area (Å²) in [5.74, 6) is -1.27. The molecule has 12 atom stereocenters. The van der Waals surface area contributed by atoms with Gasteiger partial charge in [0.15, 0.2) is 17.4 Å². The Bertz CT molecular complexity index is 2990. The molecule has 1 saturated carbocycles. The number of piperidine rings is 1. The smallest absolute Gasteiger partial charge is 0.330 e. The number of likely N-dealkylation sites (N-methyl/N-ethyl adjacent to an activating group) is 1. The molecule has 1 spiro atoms. The number of nitrogens with zero attached hydrogens (tertiary/aromatic N) is 5. The van der Waals surface area contributed by atoms with E-state index in [-0.39, 0.29) is 12.3 Å². The number of rotatable bonds is 13. The molecule has 5 aliphatic heterocycles. The van der Waals surface area contributed by atoms with Crippen LogP contribution in [0.4, 0.5) is 5.69 Å². The summed E-state index contributed by atoms with van der Waals surface area (Å²) in [6, 6.07) is 11.6. The molecule has 2 aromatic heterocycles. The number of hydrogen-bond acceptors (Lipinski definition) is 15. The Balaban J connectivity index is 1.16. The third-order valence-corrected chi connectivity index (χ3v) is 17.3. The van der Waals surface area contributed by atoms with E-state index in [1.165, 1.54) is 13.1 Å². The van der Waals surface area contributed by atoms with Gasteiger partial charge in [0.25, 0.3) is 11.5 Å². The second kappa shape index (κ2) is 18.2. The zero-order chi connectivity index (χ0) is 51.1. The number of fused-ring (bicyclic) bond motifs is 6. The number of benzene rings is 2. The van der Waals surface area contributed by atoms with E-state index in [2.05, 4.69) is 42.4 Å². The minimum atomic E-state index is -2.57. The molecule has 2 aromatic carbocycles. The molecule has 0 radical (unpaired) electrons. The zero-order valence-electron chi connectivity index (χ0n) is 41.7. The maximum atomic E-state index is 15.2. The van der Waals surface area contributed by atoms with E-state index in [9.17, 15) is 34.5 Å². The molecule has 19 nitrogen and oxygen atoms in total. The number of ether oxygens (including phenoxy) is 3. The molecule has 2 saturated heterocycles. The van der Waals surface area contributed by atoms with E-state index < -0.39 is 81.3 Å². The second-order valence-electron chi connectivity index (χ2n) is 21.0. The molecule has 72 heavy (non-hydrogen) atoms. The van der Waals surface area contributed by atoms with Gasteiger partial charge in [-0.3, -0.25) is 33.7 Å². The molecule has 4 unspecified atom stereocenters. The number of carbonyl (C=O) groups is 3. The fourth-order valence-corrected chi connectivity index (χ4v) is 14.3. The average molecular weight is 991 g/mol. The highest BCUT2D eigenvalue weighted by Gasteiger charge is 2.79. The Labute approximate surface area is 416 Å². The van der Waals surface area contributed by atoms with Crippen LogP contribution in [0, 0.1) is 11.3 Å². The maximum Gasteiger partial charge on any atom is 0.330 e. The van der Waals surface area contributed by atoms with E-state index >= 15 is 4.79 Å². The number of H-pyrrole nitrogens is 2. The molecular weight excluding hydrogens is 925 g/mol. The number of para-hydroxylation sites is 1. The molecule has 6 aliphatic rings. The number of aromatic amines is 2. The molecule has 3 fully saturated rings. The fraction of sp³-hybridized carbons (Fsp3) is 0.547. The Morgan fingerprint density at radius 2 is 1.82 bits per heavy atom. The Morgan fingerprint density at radius 1 is 1.03 bits per heavy atom. The van der Waals surface area contributed by atoms with Crippen molar-refractivity contribution in [3.05, 3.63) is 104 Å². The SMILES string of the molecule is CC[C@H](C=O)O[C@H](/C=N/NC(=O)[C@]1(O)C2N(C)c3cc(OC)c([C@@]4(OC(C)=O)C[C@H]5CN(CCc6c4[nH]c4ccccc64)C[C@](O)(CC)C5)cc3C23CCN2CC=C[C@](CC)(C23)[C@H]1O)n1ccc(=O)[nH]c1=O. The van der Waals surface area contributed by atoms with Crippen molar-refractivity contribution in [2.75, 3.05) is 51.8 Å². The highest BCUT2D eigenvalue weighted by molar-refractivity contribution is 5.91. The van der Waals surface area contributed by atoms with Crippen LogP contribution >= 0.6 is 0 Å². The third kappa shape index (κ3) is 7.35. The number of amides is 1. The normalized spacial score (nSPS) is 33.5. The fourth-order valence-electron chi connectivity index (χ4n) is 14.3. The summed E-state index contributed by atoms with van der Waals surface area (Å²) in [7, 11) is 3.36. The van der Waals surface area contributed by atoms with Gasteiger partial charge in [0.1, 0.15) is 24.2 Å². The first-order valence-corrected chi connectivity index (χ1v) is 25.3. The van der Waals surface area contributed by atoms with Gasteiger partial charge in [0.2, 0.25) is 0 Å². The van der Waals surface area contributed by atoms with Crippen LogP contribution in [0.3, 0.4) is 0 Å². The summed E-state index contributed by atoms with van der Waals surface area (Å²) in [5, 5.41) is 43.8. The van der Waals surface area contributed by atoms with Gasteiger partial charge in [-0.2, -0.15) is 5.10 Å². The molecular formula is C53H66N8O11. The van der Waals surface area contributed by atoms with Crippen molar-refractivity contribution in [2.45, 2.75) is 125 Å². The average Bonchev–Trinajstić information content (AvgIpc) is 4.03. The van der Waals surface area contributed by atoms with E-state index in [1.807, 2.05) is 55.2 Å². The molecule has 10 rings (SSSR count). The van der Waals surface area contributed by atoms with Crippen LogP contribution in [-0.2, 0) is 41.3 Å². The summed E-state index contributed by atoms with van der Waals surface area (Å²) in [6.45, 7) is 10.1. The van der Waals surface area contributed by atoms with Crippen LogP contribution in [0.25, 0.3) is 10.9 Å². The lowest BCUT2D eigenvalue weighted by Gasteiger charge is -2.63. The van der Waals surface area contributed by atoms with E-state index in [0.29, 0.717) is 94.5 Å². The number of nitrogens with one attached hydrogen (secondary N) is 3. The van der Waals surface area contributed by atoms with Gasteiger partial charge in [-0.1, -0.05) is 51.1 Å². The third-order valence-electron chi connectivity index (χ3n) is 17.3. The van der Waals surface area contributed by atoms with E-state index in [4.69, 9.17) is 14.2 Å². The molecule has 6 N–H and O–H groups in total. The summed E-state index contributed by atoms with van der Waals surface area (Å²) in [4.78, 5) is 78.4. The van der Waals surface area contributed by atoms with Crippen molar-refractivity contribution < 1.29 is 43.9 Å². The van der Waals surface area contributed by atoms with Crippen LogP contribution in [0.5, 0.6) is 5.75 Å². The number of anilines is 1. The standard InChI is InChI=1S/C53H66N8O11/c1-7-33(29-62)71-42(61-21-16-41(64)56-48(61)67)27-54-57-47(66)53(69)45-51(18-22-60-19-12-17-50(9-3,44(51)60)46(53)65)36-23-37(40(70-6)24-39(36)58(45)5)52(72-31(4)63)26-32-25-49(68,8-2)30-59(28-32)20-15-35-34-13-10-11-14-38(34)55-43(35)52/h10-14,16-17,21,23-24,27,29,32-33,42,44-46,55,65,68-69H,7-9,15,18-20,22,25-26,28,30H2,1-6H3,(H,57,66)(H,56,64,67)/b54-27+/t32-,33+,42+,44?,45?,46+,49-,50+,51?,52-,53-/m0/s1. The van der Waals surface area contributed by atoms with Crippen molar-refractivity contribution in [3.63, 3.8) is 0 Å². The zero-order valence-corrected chi connectivity index (χ0v) is 41.7. The largest absolute Gasteiger partial charge is 0.496 e. The predicted molar refractivity (Wildman–Crippen MR) is 267 cm³/mol. The van der Waals surface area contributed by atoms with Crippen molar-refractivity contribution in [2.24, 2.45) is 16.4 Å². The predicted octanol–water partition coefficient (Wildman–Crippen LogP) is 2.74. The first-order valence-electron chi connectivity index (χ1n) is 25.3. The molecule has 1 aliphatic carbocycles. The number of esters is 1. The minimum Gasteiger partial charge on any atom is -0.496 e. The number of methoxy groups -OCH3 is 1. The van der Waals surface area contributed by atoms with Gasteiger partial charge in [-0.25, -0.2) is 10.2 Å². The highest BCUT2D eigenvalue weighted by atomic mass is 16.6. The number of carbonyl (C=O) groups excluding carboxylic acids is 3. The lowest BCUT2D eigenvalue weighted by Crippen LogP contribution is -2.81. The Morgan fingerprint density at radius 3 is 2.53 bits per heavy atom. The monoisotopic (exact) mass is 990 g/mol. The Hall–Kier alpha value is -5.96. The van der Waals surface area contributed by atoms with Crippen LogP contribution in [-0.4, -0.2) is 146 Å². The quantitative estimate of drug-likeness (QED) is 0.0371. The van der Waals surface area contributed by atoms with Gasteiger partial charge >= 0.3 is 11.7 Å². The summed E-state index contributed by atoms with van der Waals surface area (Å²) in [6.07, 6.45) is 5.69. The molecule has 384 valence electrons. The van der Waals surface area contributed by atoms with Gasteiger partial charge in [-0.15, -0.1) is 0 Å². The minimum absolute atomic E-state index is 0.136. The number of aldehydes is 1. The summed E-state index contributed by atoms with van der Waals surface area (Å²) < 4.78 is 20.2. The molecule has 4 aromatic rings. The van der Waals surface area contributed by atoms with Crippen LogP contribution in [0.2, 0.25) is 0 Å². The summed E-state index contributed by atoms with van der Waals surface area (Å²) >= 11 is 0. The molecule has 7 heterocycles. The first kappa shape index (κ1) is 49.6. The topological polar surface area (TPSA) is 244 Å². The Kier molecular flexibility index (Phi) is 12.5. The van der Waals surface area contributed by atoms with Crippen molar-refractivity contribution in [1.29, 1.82) is 0 Å². The molecule has 2 bridgehead atoms. The number of aliphatic hydroxyl groups excluding tert-OH is 1. The van der Waals surface area contributed by atoms with Crippen LogP contribution in [0.1, 0.15) is 94.8 Å². The summed E-state index contributed by atoms with van der Waals surface area (Å²) in [5.41, 5.74) is -1.66. The van der Waals surface area contributed by atoms with Gasteiger partial charge < -0.3 is 44.2 Å². The van der Waals surface area contributed by atoms with Crippen molar-refractivity contribution >= 4 is 41.0 Å². The second-order valence-corrected chi connectivity index (χ2v) is 21.0. The number of aromatic nitrogens is 3.